The molecule has 0 bridgehead atoms. The average molecular weight is 422 g/mol. The van der Waals surface area contributed by atoms with Crippen LogP contribution in [0.4, 0.5) is 4.79 Å². The fourth-order valence-corrected chi connectivity index (χ4v) is 4.73. The Bertz CT molecular complexity index is 932. The van der Waals surface area contributed by atoms with Gasteiger partial charge in [-0.25, -0.2) is 4.79 Å². The Kier molecular flexibility index (Phi) is 5.78. The Morgan fingerprint density at radius 3 is 2.13 bits per heavy atom. The summed E-state index contributed by atoms with van der Waals surface area (Å²) in [6.45, 7) is 5.91. The van der Waals surface area contributed by atoms with E-state index < -0.39 is 5.60 Å². The third kappa shape index (κ3) is 4.46. The van der Waals surface area contributed by atoms with Crippen LogP contribution >= 0.6 is 0 Å². The lowest BCUT2D eigenvalue weighted by Gasteiger charge is -2.28. The Labute approximate surface area is 184 Å². The van der Waals surface area contributed by atoms with Crippen molar-refractivity contribution < 1.29 is 19.1 Å². The van der Waals surface area contributed by atoms with Crippen LogP contribution in [-0.4, -0.2) is 42.3 Å². The zero-order valence-corrected chi connectivity index (χ0v) is 18.8. The number of hydrogen-bond acceptors (Lipinski definition) is 4. The second-order valence-electron chi connectivity index (χ2n) is 9.61. The molecule has 0 N–H and O–H groups in total. The van der Waals surface area contributed by atoms with Crippen molar-refractivity contribution in [2.24, 2.45) is 5.92 Å². The Morgan fingerprint density at radius 1 is 0.968 bits per heavy atom. The van der Waals surface area contributed by atoms with Crippen LogP contribution in [0.1, 0.15) is 57.1 Å². The van der Waals surface area contributed by atoms with Gasteiger partial charge in [0.05, 0.1) is 5.92 Å². The second kappa shape index (κ2) is 8.37. The van der Waals surface area contributed by atoms with Crippen molar-refractivity contribution in [3.05, 3.63) is 59.7 Å². The minimum absolute atomic E-state index is 0.000308. The Balaban J connectivity index is 1.37. The van der Waals surface area contributed by atoms with Gasteiger partial charge in [-0.2, -0.15) is 0 Å². The predicted octanol–water partition coefficient (Wildman–Crippen LogP) is 5.38. The van der Waals surface area contributed by atoms with Crippen LogP contribution in [0.3, 0.4) is 0 Å². The first kappa shape index (κ1) is 21.4. The van der Waals surface area contributed by atoms with Crippen molar-refractivity contribution in [3.63, 3.8) is 0 Å². The largest absolute Gasteiger partial charge is 0.464 e. The first-order valence-electron chi connectivity index (χ1n) is 11.1. The van der Waals surface area contributed by atoms with Gasteiger partial charge in [-0.3, -0.25) is 4.79 Å². The first-order chi connectivity index (χ1) is 14.7. The van der Waals surface area contributed by atoms with Crippen LogP contribution in [0.2, 0.25) is 0 Å². The molecular weight excluding hydrogens is 390 g/mol. The van der Waals surface area contributed by atoms with Crippen molar-refractivity contribution >= 4 is 12.1 Å². The fraction of sp³-hybridized carbons (Fsp3) is 0.462. The van der Waals surface area contributed by atoms with E-state index in [4.69, 9.17) is 9.47 Å². The zero-order valence-electron chi connectivity index (χ0n) is 18.8. The van der Waals surface area contributed by atoms with Crippen LogP contribution in [-0.2, 0) is 14.3 Å². The van der Waals surface area contributed by atoms with E-state index in [0.29, 0.717) is 13.0 Å². The normalized spacial score (nSPS) is 20.1. The maximum absolute atomic E-state index is 12.8. The number of ether oxygens (including phenoxy) is 2. The molecule has 0 spiro atoms. The first-order valence-corrected chi connectivity index (χ1v) is 11.1. The van der Waals surface area contributed by atoms with Crippen molar-refractivity contribution in [1.29, 1.82) is 0 Å². The molecule has 0 radical (unpaired) electrons. The maximum Gasteiger partial charge on any atom is 0.410 e. The minimum atomic E-state index is -0.532. The van der Waals surface area contributed by atoms with Crippen molar-refractivity contribution in [3.8, 4) is 11.1 Å². The third-order valence-corrected chi connectivity index (χ3v) is 6.32. The van der Waals surface area contributed by atoms with E-state index in [9.17, 15) is 9.59 Å². The smallest absolute Gasteiger partial charge is 0.410 e. The lowest BCUT2D eigenvalue weighted by Crippen LogP contribution is -2.39. The molecule has 0 unspecified atom stereocenters. The molecule has 2 aliphatic rings. The summed E-state index contributed by atoms with van der Waals surface area (Å²) in [4.78, 5) is 26.8. The number of carbonyl (C=O) groups is 2. The molecule has 1 amide bonds. The minimum Gasteiger partial charge on any atom is -0.464 e. The second-order valence-corrected chi connectivity index (χ2v) is 9.61. The number of hydrogen-bond donors (Lipinski definition) is 0. The zero-order chi connectivity index (χ0) is 22.2. The topological polar surface area (TPSA) is 55.8 Å². The van der Waals surface area contributed by atoms with Crippen molar-refractivity contribution in [1.82, 2.24) is 4.90 Å². The molecule has 4 rings (SSSR count). The van der Waals surface area contributed by atoms with Crippen LogP contribution in [0.15, 0.2) is 48.5 Å². The summed E-state index contributed by atoms with van der Waals surface area (Å²) >= 11 is 0. The van der Waals surface area contributed by atoms with Gasteiger partial charge >= 0.3 is 12.1 Å². The monoisotopic (exact) mass is 421 g/mol. The molecule has 2 aromatic carbocycles. The van der Waals surface area contributed by atoms with E-state index in [1.54, 1.807) is 11.9 Å². The molecule has 2 atom stereocenters. The molecule has 31 heavy (non-hydrogen) atoms. The summed E-state index contributed by atoms with van der Waals surface area (Å²) in [5.41, 5.74) is 4.34. The number of amides is 1. The molecule has 5 nitrogen and oxygen atoms in total. The van der Waals surface area contributed by atoms with Gasteiger partial charge in [0.2, 0.25) is 0 Å². The van der Waals surface area contributed by atoms with Gasteiger partial charge in [0.1, 0.15) is 12.2 Å². The molecule has 0 heterocycles. The summed E-state index contributed by atoms with van der Waals surface area (Å²) in [6.07, 6.45) is 1.79. The van der Waals surface area contributed by atoms with Crippen molar-refractivity contribution in [2.45, 2.75) is 57.6 Å². The molecule has 2 aromatic rings. The molecule has 0 aromatic heterocycles. The summed E-state index contributed by atoms with van der Waals surface area (Å²) in [6, 6.07) is 16.7. The van der Waals surface area contributed by atoms with E-state index in [2.05, 4.69) is 24.3 Å². The molecule has 0 aliphatic heterocycles. The van der Waals surface area contributed by atoms with E-state index in [1.165, 1.54) is 22.3 Å². The highest BCUT2D eigenvalue weighted by atomic mass is 16.6. The van der Waals surface area contributed by atoms with Crippen LogP contribution in [0, 0.1) is 5.92 Å². The molecule has 164 valence electrons. The fourth-order valence-electron chi connectivity index (χ4n) is 4.73. The molecule has 1 saturated carbocycles. The van der Waals surface area contributed by atoms with E-state index in [1.807, 2.05) is 45.0 Å². The number of benzene rings is 2. The highest BCUT2D eigenvalue weighted by molar-refractivity contribution is 5.79. The van der Waals surface area contributed by atoms with Crippen LogP contribution in [0.5, 0.6) is 0 Å². The molecular formula is C26H31NO4. The average Bonchev–Trinajstić information content (AvgIpc) is 3.34. The highest BCUT2D eigenvalue weighted by Crippen LogP contribution is 2.44. The van der Waals surface area contributed by atoms with Gasteiger partial charge in [-0.15, -0.1) is 0 Å². The van der Waals surface area contributed by atoms with Crippen LogP contribution in [0.25, 0.3) is 11.1 Å². The lowest BCUT2D eigenvalue weighted by atomic mass is 9.98. The third-order valence-electron chi connectivity index (χ3n) is 6.32. The van der Waals surface area contributed by atoms with Gasteiger partial charge < -0.3 is 14.4 Å². The van der Waals surface area contributed by atoms with E-state index in [0.717, 1.165) is 12.8 Å². The maximum atomic E-state index is 12.8. The number of rotatable bonds is 4. The van der Waals surface area contributed by atoms with Gasteiger partial charge in [0, 0.05) is 19.0 Å². The summed E-state index contributed by atoms with van der Waals surface area (Å²) in [7, 11) is 1.75. The standard InChI is InChI=1S/C26H31NO4/c1-26(2,3)31-25(29)27(4)18-14-13-17(15-18)24(28)30-16-23-21-11-7-5-9-19(21)20-10-6-8-12-22(20)23/h5-12,17-18,23H,13-16H2,1-4H3/t17-,18+/m1/s1. The summed E-state index contributed by atoms with van der Waals surface area (Å²) < 4.78 is 11.3. The number of carbonyl (C=O) groups excluding carboxylic acids is 2. The van der Waals surface area contributed by atoms with Gasteiger partial charge in [-0.05, 0) is 62.3 Å². The quantitative estimate of drug-likeness (QED) is 0.622. The van der Waals surface area contributed by atoms with Gasteiger partial charge in [0.15, 0.2) is 0 Å². The van der Waals surface area contributed by atoms with Crippen molar-refractivity contribution in [2.75, 3.05) is 13.7 Å². The number of esters is 1. The molecule has 2 aliphatic carbocycles. The Morgan fingerprint density at radius 2 is 1.55 bits per heavy atom. The molecule has 1 fully saturated rings. The molecule has 0 saturated heterocycles. The predicted molar refractivity (Wildman–Crippen MR) is 120 cm³/mol. The highest BCUT2D eigenvalue weighted by Gasteiger charge is 2.37. The van der Waals surface area contributed by atoms with E-state index >= 15 is 0 Å². The SMILES string of the molecule is CN(C(=O)OC(C)(C)C)[C@H]1CC[C@@H](C(=O)OCC2c3ccccc3-c3ccccc32)C1. The number of fused-ring (bicyclic) bond motifs is 3. The summed E-state index contributed by atoms with van der Waals surface area (Å²) in [5, 5.41) is 0. The Hall–Kier alpha value is -2.82. The lowest BCUT2D eigenvalue weighted by molar-refractivity contribution is -0.148. The summed E-state index contributed by atoms with van der Waals surface area (Å²) in [5.74, 6) is -0.276. The van der Waals surface area contributed by atoms with Gasteiger partial charge in [-0.1, -0.05) is 48.5 Å². The van der Waals surface area contributed by atoms with E-state index in [-0.39, 0.29) is 29.9 Å². The van der Waals surface area contributed by atoms with Gasteiger partial charge in [0.25, 0.3) is 0 Å². The number of nitrogens with zero attached hydrogens (tertiary/aromatic N) is 1. The van der Waals surface area contributed by atoms with Crippen LogP contribution < -0.4 is 0 Å². The molecule has 5 heteroatoms.